The molecule has 4 aromatic rings. The molecular weight excluding hydrogens is 705 g/mol. The van der Waals surface area contributed by atoms with E-state index in [1.807, 2.05) is 60.5 Å². The summed E-state index contributed by atoms with van der Waals surface area (Å²) in [4.78, 5) is 39.6. The van der Waals surface area contributed by atoms with Gasteiger partial charge in [-0.15, -0.1) is 0 Å². The van der Waals surface area contributed by atoms with Crippen molar-refractivity contribution in [3.8, 4) is 17.1 Å². The molecule has 0 radical (unpaired) electrons. The van der Waals surface area contributed by atoms with Crippen LogP contribution in [-0.2, 0) is 21.5 Å². The number of aromatic nitrogens is 2. The van der Waals surface area contributed by atoms with Gasteiger partial charge in [-0.3, -0.25) is 24.4 Å². The number of fused-ring (bicyclic) bond motifs is 1. The van der Waals surface area contributed by atoms with Crippen LogP contribution in [0.2, 0.25) is 0 Å². The molecule has 0 saturated carbocycles. The van der Waals surface area contributed by atoms with Crippen molar-refractivity contribution in [3.63, 3.8) is 0 Å². The van der Waals surface area contributed by atoms with Gasteiger partial charge in [-0.25, -0.2) is 4.98 Å². The van der Waals surface area contributed by atoms with E-state index in [4.69, 9.17) is 9.15 Å². The molecule has 54 heavy (non-hydrogen) atoms. The number of piperazine rings is 1. The first-order valence-corrected chi connectivity index (χ1v) is 17.9. The molecule has 15 heteroatoms. The van der Waals surface area contributed by atoms with Crippen molar-refractivity contribution < 1.29 is 42.1 Å². The first kappa shape index (κ1) is 38.9. The van der Waals surface area contributed by atoms with Gasteiger partial charge in [-0.2, -0.15) is 13.2 Å². The van der Waals surface area contributed by atoms with E-state index >= 15 is 0 Å². The van der Waals surface area contributed by atoms with Gasteiger partial charge in [0.1, 0.15) is 31.0 Å². The number of hydrogen-bond acceptors (Lipinski definition) is 10. The molecule has 2 aromatic carbocycles. The molecule has 0 bridgehead atoms. The fourth-order valence-electron chi connectivity index (χ4n) is 7.08. The second-order valence-electron chi connectivity index (χ2n) is 14.3. The average Bonchev–Trinajstić information content (AvgIpc) is 3.67. The molecule has 4 N–H and O–H groups in total. The molecule has 2 aliphatic heterocycles. The lowest BCUT2D eigenvalue weighted by atomic mass is 9.90. The number of aliphatic hydroxyl groups excluding tert-OH is 2. The number of oxazole rings is 1. The first-order valence-electron chi connectivity index (χ1n) is 17.9. The van der Waals surface area contributed by atoms with Gasteiger partial charge in [0, 0.05) is 55.6 Å². The minimum atomic E-state index is -4.62. The number of nitrogens with one attached hydrogen (secondary N) is 2. The maximum atomic E-state index is 13.9. The van der Waals surface area contributed by atoms with Gasteiger partial charge in [0.25, 0.3) is 0 Å². The van der Waals surface area contributed by atoms with Crippen LogP contribution >= 0.6 is 0 Å². The molecule has 1 saturated heterocycles. The highest BCUT2D eigenvalue weighted by molar-refractivity contribution is 5.82. The van der Waals surface area contributed by atoms with Crippen LogP contribution < -0.4 is 15.4 Å². The number of benzene rings is 2. The molecule has 12 nitrogen and oxygen atoms in total. The van der Waals surface area contributed by atoms with Crippen molar-refractivity contribution in [2.75, 3.05) is 39.3 Å². The van der Waals surface area contributed by atoms with E-state index in [1.165, 1.54) is 0 Å². The molecule has 6 rings (SSSR count). The number of nitrogens with zero attached hydrogens (tertiary/aromatic N) is 4. The third kappa shape index (κ3) is 9.45. The van der Waals surface area contributed by atoms with Crippen LogP contribution in [0.15, 0.2) is 89.7 Å². The molecule has 2 aliphatic rings. The number of amides is 2. The predicted octanol–water partition coefficient (Wildman–Crippen LogP) is 3.86. The summed E-state index contributed by atoms with van der Waals surface area (Å²) in [5, 5.41) is 27.3. The molecule has 0 spiro atoms. The number of rotatable bonds is 13. The van der Waals surface area contributed by atoms with Crippen molar-refractivity contribution in [1.82, 2.24) is 30.4 Å². The van der Waals surface area contributed by atoms with Crippen LogP contribution in [0.1, 0.15) is 43.3 Å². The summed E-state index contributed by atoms with van der Waals surface area (Å²) in [5.74, 6) is -0.563. The van der Waals surface area contributed by atoms with Gasteiger partial charge in [0.2, 0.25) is 17.7 Å². The zero-order valence-electron chi connectivity index (χ0n) is 30.1. The number of aliphatic hydroxyl groups is 2. The van der Waals surface area contributed by atoms with Crippen molar-refractivity contribution >= 4 is 11.8 Å². The van der Waals surface area contributed by atoms with E-state index < -0.39 is 54.4 Å². The second kappa shape index (κ2) is 16.7. The number of para-hydroxylation sites is 1. The molecule has 1 fully saturated rings. The zero-order valence-corrected chi connectivity index (χ0v) is 30.1. The van der Waals surface area contributed by atoms with Gasteiger partial charge in [0.15, 0.2) is 5.76 Å². The Labute approximate surface area is 311 Å². The summed E-state index contributed by atoms with van der Waals surface area (Å²) in [6, 6.07) is 18.2. The van der Waals surface area contributed by atoms with Gasteiger partial charge >= 0.3 is 6.18 Å². The molecule has 2 aromatic heterocycles. The number of halogens is 3. The van der Waals surface area contributed by atoms with E-state index in [1.54, 1.807) is 53.8 Å². The summed E-state index contributed by atoms with van der Waals surface area (Å²) in [7, 11) is 0. The summed E-state index contributed by atoms with van der Waals surface area (Å²) in [6.45, 7) is 2.76. The smallest absolute Gasteiger partial charge is 0.405 e. The number of carbonyl (C=O) groups is 2. The van der Waals surface area contributed by atoms with E-state index in [0.717, 1.165) is 11.1 Å². The second-order valence-corrected chi connectivity index (χ2v) is 14.3. The highest BCUT2D eigenvalue weighted by atomic mass is 19.4. The Balaban J connectivity index is 1.18. The number of ether oxygens (including phenoxy) is 1. The molecule has 2 amide bonds. The molecule has 288 valence electrons. The molecule has 5 atom stereocenters. The lowest BCUT2D eigenvalue weighted by Crippen LogP contribution is -2.63. The third-order valence-corrected chi connectivity index (χ3v) is 10.1. The lowest BCUT2D eigenvalue weighted by Gasteiger charge is -2.46. The Morgan fingerprint density at radius 1 is 1.02 bits per heavy atom. The standard InChI is InChI=1S/C39H45F3N6O6/c1-38(2,37-44-20-33(54-37)26-11-8-14-43-19-26)48-16-15-47(30(22-48)36(52)45-24-39(40,41)42)21-28(49)18-27(17-25-9-4-3-5-10-25)35(51)46-34-29-12-6-7-13-32(29)53-23-31(34)50/h3-14,19-20,27-28,30-31,34,49-50H,15-18,21-24H2,1-2H3,(H,45,52)(H,46,51)/t27-,28+,30+,31-,34+/m1/s1. The number of β-amino-alcohol motifs (C(OH)–C–C–N with tert-alkyl or cyclic N) is 1. The quantitative estimate of drug-likeness (QED) is 0.159. The summed E-state index contributed by atoms with van der Waals surface area (Å²) >= 11 is 0. The molecule has 0 aliphatic carbocycles. The van der Waals surface area contributed by atoms with Crippen LogP contribution in [0, 0.1) is 5.92 Å². The highest BCUT2D eigenvalue weighted by Crippen LogP contribution is 2.34. The zero-order chi connectivity index (χ0) is 38.5. The summed E-state index contributed by atoms with van der Waals surface area (Å²) < 4.78 is 51.4. The number of alkyl halides is 3. The van der Waals surface area contributed by atoms with Crippen LogP contribution in [0.5, 0.6) is 5.75 Å². The van der Waals surface area contributed by atoms with Gasteiger partial charge in [-0.1, -0.05) is 48.5 Å². The Kier molecular flexibility index (Phi) is 12.0. The van der Waals surface area contributed by atoms with Crippen LogP contribution in [0.3, 0.4) is 0 Å². The molecule has 0 unspecified atom stereocenters. The topological polar surface area (TPSA) is 153 Å². The van der Waals surface area contributed by atoms with Gasteiger partial charge in [0.05, 0.1) is 23.9 Å². The minimum absolute atomic E-state index is 0.00380. The Morgan fingerprint density at radius 3 is 2.52 bits per heavy atom. The summed E-state index contributed by atoms with van der Waals surface area (Å²) in [5.41, 5.74) is 1.36. The van der Waals surface area contributed by atoms with Crippen molar-refractivity contribution in [2.45, 2.75) is 62.7 Å². The maximum Gasteiger partial charge on any atom is 0.405 e. The SMILES string of the molecule is CC(C)(c1ncc(-c2cccnc2)o1)N1CCN(C[C@@H](O)C[C@@H](Cc2ccccc2)C(=O)N[C@H]2c3ccccc3OC[C@H]2O)[C@H](C(=O)NCC(F)(F)F)C1. The fourth-order valence-corrected chi connectivity index (χ4v) is 7.08. The van der Waals surface area contributed by atoms with E-state index in [2.05, 4.69) is 15.3 Å². The van der Waals surface area contributed by atoms with Gasteiger partial charge < -0.3 is 30.0 Å². The molecule has 4 heterocycles. The average molecular weight is 751 g/mol. The monoisotopic (exact) mass is 750 g/mol. The third-order valence-electron chi connectivity index (χ3n) is 10.1. The van der Waals surface area contributed by atoms with E-state index in [9.17, 15) is 33.0 Å². The van der Waals surface area contributed by atoms with Crippen LogP contribution in [-0.4, -0.2) is 106 Å². The Hall–Kier alpha value is -4.83. The van der Waals surface area contributed by atoms with Crippen molar-refractivity contribution in [3.05, 3.63) is 102 Å². The highest BCUT2D eigenvalue weighted by Gasteiger charge is 2.43. The first-order chi connectivity index (χ1) is 25.8. The number of carbonyl (C=O) groups excluding carboxylic acids is 2. The summed E-state index contributed by atoms with van der Waals surface area (Å²) in [6.07, 6.45) is -1.63. The largest absolute Gasteiger partial charge is 0.490 e. The van der Waals surface area contributed by atoms with Crippen LogP contribution in [0.4, 0.5) is 13.2 Å². The number of hydrogen-bond donors (Lipinski definition) is 4. The minimum Gasteiger partial charge on any atom is -0.490 e. The Bertz CT molecular complexity index is 1860. The van der Waals surface area contributed by atoms with E-state index in [0.29, 0.717) is 29.5 Å². The maximum absolute atomic E-state index is 13.9. The number of pyridine rings is 1. The lowest BCUT2D eigenvalue weighted by molar-refractivity contribution is -0.144. The normalized spacial score (nSPS) is 20.7. The fraction of sp³-hybridized carbons (Fsp3) is 0.436. The Morgan fingerprint density at radius 2 is 1.78 bits per heavy atom. The van der Waals surface area contributed by atoms with Crippen molar-refractivity contribution in [1.29, 1.82) is 0 Å². The van der Waals surface area contributed by atoms with Crippen molar-refractivity contribution in [2.24, 2.45) is 5.92 Å². The van der Waals surface area contributed by atoms with E-state index in [-0.39, 0.29) is 45.0 Å². The van der Waals surface area contributed by atoms with Gasteiger partial charge in [-0.05, 0) is 50.5 Å². The predicted molar refractivity (Wildman–Crippen MR) is 192 cm³/mol. The van der Waals surface area contributed by atoms with Crippen LogP contribution in [0.25, 0.3) is 11.3 Å². The molecular formula is C39H45F3N6O6.